The van der Waals surface area contributed by atoms with E-state index in [-0.39, 0.29) is 23.6 Å². The molecule has 3 N–H and O–H groups in total. The molecular weight excluding hydrogens is 462 g/mol. The van der Waals surface area contributed by atoms with Crippen LogP contribution in [0.4, 0.5) is 5.69 Å². The molecule has 0 fully saturated rings. The number of nitrogens with two attached hydrogens (primary N) is 1. The summed E-state index contributed by atoms with van der Waals surface area (Å²) < 4.78 is 0. The van der Waals surface area contributed by atoms with Gasteiger partial charge < -0.3 is 16.0 Å². The van der Waals surface area contributed by atoms with E-state index in [1.54, 1.807) is 18.7 Å². The molecule has 0 saturated carbocycles. The monoisotopic (exact) mass is 497 g/mol. The molecule has 0 radical (unpaired) electrons. The van der Waals surface area contributed by atoms with Crippen LogP contribution in [0.25, 0.3) is 0 Å². The zero-order valence-corrected chi connectivity index (χ0v) is 22.0. The summed E-state index contributed by atoms with van der Waals surface area (Å²) in [6.45, 7) is 7.54. The van der Waals surface area contributed by atoms with E-state index in [0.717, 1.165) is 39.9 Å². The highest BCUT2D eigenvalue weighted by Gasteiger charge is 2.30. The summed E-state index contributed by atoms with van der Waals surface area (Å²) in [7, 11) is 0. The third kappa shape index (κ3) is 5.97. The van der Waals surface area contributed by atoms with Gasteiger partial charge in [-0.2, -0.15) is 0 Å². The highest BCUT2D eigenvalue weighted by atomic mass is 16.2. The van der Waals surface area contributed by atoms with Gasteiger partial charge >= 0.3 is 0 Å². The highest BCUT2D eigenvalue weighted by molar-refractivity contribution is 5.95. The second-order valence-electron chi connectivity index (χ2n) is 10.0. The van der Waals surface area contributed by atoms with E-state index in [9.17, 15) is 14.4 Å². The van der Waals surface area contributed by atoms with Crippen molar-refractivity contribution < 1.29 is 14.4 Å². The number of carbonyl (C=O) groups excluding carboxylic acids is 3. The number of aryl methyl sites for hydroxylation is 2. The van der Waals surface area contributed by atoms with E-state index in [1.165, 1.54) is 5.56 Å². The SMILES string of the molecule is CC(=O)c1cc(C)c(C[C@H](N)C(=O)N[C@@H]2CCN(C(C)=O)c3ccc(Cc4ccccc4)cc32)c(C)c1. The van der Waals surface area contributed by atoms with Gasteiger partial charge in [0.1, 0.15) is 0 Å². The van der Waals surface area contributed by atoms with Crippen molar-refractivity contribution in [3.63, 3.8) is 0 Å². The van der Waals surface area contributed by atoms with Gasteiger partial charge in [-0.1, -0.05) is 42.5 Å². The van der Waals surface area contributed by atoms with Gasteiger partial charge in [0.05, 0.1) is 12.1 Å². The van der Waals surface area contributed by atoms with Crippen molar-refractivity contribution in [2.75, 3.05) is 11.4 Å². The number of Topliss-reactive ketones (excluding diaryl/α,β-unsaturated/α-hetero) is 1. The molecule has 2 atom stereocenters. The molecule has 3 aromatic rings. The highest BCUT2D eigenvalue weighted by Crippen LogP contribution is 2.35. The van der Waals surface area contributed by atoms with Crippen LogP contribution in [-0.4, -0.2) is 30.2 Å². The van der Waals surface area contributed by atoms with Gasteiger partial charge in [-0.15, -0.1) is 0 Å². The first kappa shape index (κ1) is 26.3. The summed E-state index contributed by atoms with van der Waals surface area (Å²) in [5.41, 5.74) is 14.0. The van der Waals surface area contributed by atoms with Crippen molar-refractivity contribution in [1.82, 2.24) is 5.32 Å². The van der Waals surface area contributed by atoms with Gasteiger partial charge in [0.15, 0.2) is 5.78 Å². The average molecular weight is 498 g/mol. The fourth-order valence-electron chi connectivity index (χ4n) is 5.19. The van der Waals surface area contributed by atoms with Crippen LogP contribution in [0.3, 0.4) is 0 Å². The number of ketones is 1. The van der Waals surface area contributed by atoms with E-state index in [4.69, 9.17) is 5.73 Å². The zero-order chi connectivity index (χ0) is 26.7. The molecule has 6 nitrogen and oxygen atoms in total. The normalized spacial score (nSPS) is 15.6. The third-order valence-electron chi connectivity index (χ3n) is 7.21. The van der Waals surface area contributed by atoms with Crippen LogP contribution >= 0.6 is 0 Å². The lowest BCUT2D eigenvalue weighted by molar-refractivity contribution is -0.123. The maximum atomic E-state index is 13.2. The molecule has 0 saturated heterocycles. The van der Waals surface area contributed by atoms with E-state index >= 15 is 0 Å². The Kier molecular flexibility index (Phi) is 7.89. The second kappa shape index (κ2) is 11.1. The van der Waals surface area contributed by atoms with Gasteiger partial charge in [-0.05, 0) is 91.6 Å². The number of rotatable bonds is 7. The number of fused-ring (bicyclic) bond motifs is 1. The molecule has 1 heterocycles. The van der Waals surface area contributed by atoms with Gasteiger partial charge in [-0.25, -0.2) is 0 Å². The molecule has 3 aromatic carbocycles. The Morgan fingerprint density at radius 2 is 1.65 bits per heavy atom. The Labute approximate surface area is 218 Å². The Morgan fingerprint density at radius 1 is 0.973 bits per heavy atom. The number of amides is 2. The number of nitrogens with one attached hydrogen (secondary N) is 1. The Hall–Kier alpha value is -3.77. The first-order chi connectivity index (χ1) is 17.6. The smallest absolute Gasteiger partial charge is 0.237 e. The molecule has 192 valence electrons. The quantitative estimate of drug-likeness (QED) is 0.468. The topological polar surface area (TPSA) is 92.5 Å². The minimum Gasteiger partial charge on any atom is -0.348 e. The fraction of sp³-hybridized carbons (Fsp3) is 0.323. The molecular formula is C31H35N3O3. The van der Waals surface area contributed by atoms with E-state index in [0.29, 0.717) is 24.9 Å². The number of benzene rings is 3. The van der Waals surface area contributed by atoms with Crippen LogP contribution in [0.15, 0.2) is 60.7 Å². The summed E-state index contributed by atoms with van der Waals surface area (Å²) >= 11 is 0. The number of anilines is 1. The number of hydrogen-bond acceptors (Lipinski definition) is 4. The lowest BCUT2D eigenvalue weighted by Gasteiger charge is -2.35. The van der Waals surface area contributed by atoms with E-state index in [2.05, 4.69) is 23.5 Å². The van der Waals surface area contributed by atoms with Gasteiger partial charge in [0, 0.05) is 24.7 Å². The molecule has 4 rings (SSSR count). The third-order valence-corrected chi connectivity index (χ3v) is 7.21. The van der Waals surface area contributed by atoms with Crippen LogP contribution in [-0.2, 0) is 22.4 Å². The van der Waals surface area contributed by atoms with Crippen LogP contribution in [0.2, 0.25) is 0 Å². The molecule has 1 aliphatic heterocycles. The van der Waals surface area contributed by atoms with E-state index in [1.807, 2.05) is 56.3 Å². The predicted molar refractivity (Wildman–Crippen MR) is 147 cm³/mol. The van der Waals surface area contributed by atoms with Crippen molar-refractivity contribution >= 4 is 23.3 Å². The van der Waals surface area contributed by atoms with Crippen LogP contribution in [0.5, 0.6) is 0 Å². The summed E-state index contributed by atoms with van der Waals surface area (Å²) in [4.78, 5) is 39.1. The first-order valence-corrected chi connectivity index (χ1v) is 12.8. The minimum atomic E-state index is -0.734. The summed E-state index contributed by atoms with van der Waals surface area (Å²) in [5.74, 6) is -0.226. The average Bonchev–Trinajstić information content (AvgIpc) is 2.86. The number of carbonyl (C=O) groups is 3. The van der Waals surface area contributed by atoms with Gasteiger partial charge in [0.2, 0.25) is 11.8 Å². The molecule has 0 unspecified atom stereocenters. The van der Waals surface area contributed by atoms with Crippen molar-refractivity contribution in [3.05, 3.63) is 99.6 Å². The predicted octanol–water partition coefficient (Wildman–Crippen LogP) is 4.58. The molecule has 37 heavy (non-hydrogen) atoms. The van der Waals surface area contributed by atoms with Crippen molar-refractivity contribution in [3.8, 4) is 0 Å². The van der Waals surface area contributed by atoms with E-state index < -0.39 is 6.04 Å². The van der Waals surface area contributed by atoms with Crippen molar-refractivity contribution in [2.24, 2.45) is 5.73 Å². The molecule has 1 aliphatic rings. The lowest BCUT2D eigenvalue weighted by atomic mass is 9.91. The Balaban J connectivity index is 1.55. The standard InChI is InChI=1S/C31H35N3O3/c1-19-14-25(21(3)35)15-20(2)26(19)18-28(32)31(37)33-29-12-13-34(22(4)36)30-11-10-24(17-27(29)30)16-23-8-6-5-7-9-23/h5-11,14-15,17,28-29H,12-13,16,18,32H2,1-4H3,(H,33,37)/t28-,29+/m0/s1. The van der Waals surface area contributed by atoms with Gasteiger partial charge in [0.25, 0.3) is 0 Å². The maximum Gasteiger partial charge on any atom is 0.237 e. The lowest BCUT2D eigenvalue weighted by Crippen LogP contribution is -2.46. The van der Waals surface area contributed by atoms with Gasteiger partial charge in [-0.3, -0.25) is 14.4 Å². The molecule has 0 spiro atoms. The molecule has 0 aliphatic carbocycles. The number of nitrogens with zero attached hydrogens (tertiary/aromatic N) is 1. The summed E-state index contributed by atoms with van der Waals surface area (Å²) in [6, 6.07) is 19.1. The molecule has 2 amide bonds. The van der Waals surface area contributed by atoms with Crippen molar-refractivity contribution in [1.29, 1.82) is 0 Å². The van der Waals surface area contributed by atoms with Crippen LogP contribution < -0.4 is 16.0 Å². The van der Waals surface area contributed by atoms with Crippen molar-refractivity contribution in [2.45, 2.75) is 59.0 Å². The largest absolute Gasteiger partial charge is 0.348 e. The molecule has 0 bridgehead atoms. The molecule has 0 aromatic heterocycles. The van der Waals surface area contributed by atoms with Crippen LogP contribution in [0.1, 0.15) is 70.0 Å². The second-order valence-corrected chi connectivity index (χ2v) is 10.0. The maximum absolute atomic E-state index is 13.2. The first-order valence-electron chi connectivity index (χ1n) is 12.8. The summed E-state index contributed by atoms with van der Waals surface area (Å²) in [6.07, 6.45) is 1.77. The minimum absolute atomic E-state index is 0.0153. The number of hydrogen-bond donors (Lipinski definition) is 2. The van der Waals surface area contributed by atoms with Crippen LogP contribution in [0, 0.1) is 13.8 Å². The zero-order valence-electron chi connectivity index (χ0n) is 22.0. The Bertz CT molecular complexity index is 1310. The fourth-order valence-corrected chi connectivity index (χ4v) is 5.19. The molecule has 6 heteroatoms. The Morgan fingerprint density at radius 3 is 2.27 bits per heavy atom. The summed E-state index contributed by atoms with van der Waals surface area (Å²) in [5, 5.41) is 3.16.